The third kappa shape index (κ3) is 3.71. The van der Waals surface area contributed by atoms with Gasteiger partial charge in [-0.2, -0.15) is 0 Å². The van der Waals surface area contributed by atoms with Crippen molar-refractivity contribution >= 4 is 10.8 Å². The quantitative estimate of drug-likeness (QED) is 0.551. The Balaban J connectivity index is 0.00000176. The molecular weight excluding hydrogens is 338 g/mol. The highest BCUT2D eigenvalue weighted by atomic mass is 79.9. The molecule has 3 rings (SSSR count). The van der Waals surface area contributed by atoms with Gasteiger partial charge in [0.15, 0.2) is 0 Å². The fourth-order valence-electron chi connectivity index (χ4n) is 3.45. The van der Waals surface area contributed by atoms with Gasteiger partial charge in [0.2, 0.25) is 0 Å². The molecule has 0 unspecified atom stereocenters. The van der Waals surface area contributed by atoms with Crippen LogP contribution in [-0.2, 0) is 0 Å². The van der Waals surface area contributed by atoms with Crippen molar-refractivity contribution in [3.05, 3.63) is 55.1 Å². The number of fused-ring (bicyclic) bond motifs is 1. The molecule has 0 amide bonds. The molecule has 22 heavy (non-hydrogen) atoms. The number of nitrogens with zero attached hydrogens (tertiary/aromatic N) is 1. The van der Waals surface area contributed by atoms with Crippen molar-refractivity contribution in [2.75, 3.05) is 32.8 Å². The van der Waals surface area contributed by atoms with Crippen molar-refractivity contribution in [3.8, 4) is 5.75 Å². The summed E-state index contributed by atoms with van der Waals surface area (Å²) in [5, 5.41) is 2.45. The number of halogens is 1. The third-order valence-corrected chi connectivity index (χ3v) is 4.60. The van der Waals surface area contributed by atoms with Crippen LogP contribution in [0.25, 0.3) is 10.8 Å². The van der Waals surface area contributed by atoms with Gasteiger partial charge in [-0.3, -0.25) is 0 Å². The molecule has 2 aromatic rings. The van der Waals surface area contributed by atoms with E-state index in [1.165, 1.54) is 36.7 Å². The molecule has 0 N–H and O–H groups in total. The zero-order chi connectivity index (χ0) is 14.5. The van der Waals surface area contributed by atoms with Crippen LogP contribution in [0.1, 0.15) is 12.8 Å². The molecule has 118 valence electrons. The van der Waals surface area contributed by atoms with E-state index in [2.05, 4.69) is 55.1 Å². The Morgan fingerprint density at radius 2 is 1.77 bits per heavy atom. The van der Waals surface area contributed by atoms with E-state index in [1.807, 2.05) is 0 Å². The van der Waals surface area contributed by atoms with Crippen molar-refractivity contribution in [2.45, 2.75) is 12.8 Å². The molecule has 2 nitrogen and oxygen atoms in total. The molecule has 0 bridgehead atoms. The van der Waals surface area contributed by atoms with Gasteiger partial charge in [-0.1, -0.05) is 43.0 Å². The molecule has 1 aliphatic rings. The number of likely N-dealkylation sites (tertiary alicyclic amines) is 1. The van der Waals surface area contributed by atoms with Crippen LogP contribution in [0.4, 0.5) is 0 Å². The van der Waals surface area contributed by atoms with Gasteiger partial charge in [0.1, 0.15) is 18.9 Å². The predicted molar refractivity (Wildman–Crippen MR) is 88.6 cm³/mol. The van der Waals surface area contributed by atoms with E-state index in [0.717, 1.165) is 29.9 Å². The molecular formula is C19H24BrNO. The van der Waals surface area contributed by atoms with Crippen LogP contribution < -0.4 is 21.7 Å². The molecule has 1 heterocycles. The first-order valence-electron chi connectivity index (χ1n) is 7.90. The van der Waals surface area contributed by atoms with Crippen LogP contribution in [0, 0.1) is 0 Å². The SMILES string of the molecule is C=CC[N+]1(CCOc2cccc3ccccc23)CCCC1.[Br-]. The average Bonchev–Trinajstić information content (AvgIpc) is 2.97. The molecule has 1 saturated heterocycles. The minimum atomic E-state index is 0. The summed E-state index contributed by atoms with van der Waals surface area (Å²) in [6, 6.07) is 14.7. The van der Waals surface area contributed by atoms with Crippen LogP contribution >= 0.6 is 0 Å². The fourth-order valence-corrected chi connectivity index (χ4v) is 3.45. The molecule has 2 aromatic carbocycles. The predicted octanol–water partition coefficient (Wildman–Crippen LogP) is 1.02. The Morgan fingerprint density at radius 3 is 2.55 bits per heavy atom. The molecule has 0 aromatic heterocycles. The van der Waals surface area contributed by atoms with Crippen molar-refractivity contribution in [1.82, 2.24) is 0 Å². The second-order valence-corrected chi connectivity index (χ2v) is 6.02. The number of ether oxygens (including phenoxy) is 1. The van der Waals surface area contributed by atoms with Crippen molar-refractivity contribution < 1.29 is 26.2 Å². The first-order valence-corrected chi connectivity index (χ1v) is 7.90. The lowest BCUT2D eigenvalue weighted by Gasteiger charge is -2.33. The van der Waals surface area contributed by atoms with E-state index in [1.54, 1.807) is 0 Å². The molecule has 0 aliphatic carbocycles. The highest BCUT2D eigenvalue weighted by Gasteiger charge is 2.30. The second-order valence-electron chi connectivity index (χ2n) is 6.02. The lowest BCUT2D eigenvalue weighted by atomic mass is 10.1. The third-order valence-electron chi connectivity index (χ3n) is 4.60. The van der Waals surface area contributed by atoms with Crippen LogP contribution in [0.2, 0.25) is 0 Å². The largest absolute Gasteiger partial charge is 1.00 e. The summed E-state index contributed by atoms with van der Waals surface area (Å²) in [7, 11) is 0. The average molecular weight is 362 g/mol. The second kappa shape index (κ2) is 7.80. The van der Waals surface area contributed by atoms with Gasteiger partial charge in [-0.25, -0.2) is 0 Å². The summed E-state index contributed by atoms with van der Waals surface area (Å²) >= 11 is 0. The Labute approximate surface area is 143 Å². The molecule has 1 fully saturated rings. The standard InChI is InChI=1S/C19H24NO.BrH/c1-2-12-20(13-5-6-14-20)15-16-21-19-11-7-9-17-8-3-4-10-18(17)19;/h2-4,7-11H,1,5-6,12-16H2;1H/q+1;/p-1. The number of hydrogen-bond donors (Lipinski definition) is 0. The van der Waals surface area contributed by atoms with Crippen LogP contribution in [0.15, 0.2) is 55.1 Å². The van der Waals surface area contributed by atoms with E-state index < -0.39 is 0 Å². The lowest BCUT2D eigenvalue weighted by Crippen LogP contribution is -3.00. The monoisotopic (exact) mass is 361 g/mol. The maximum absolute atomic E-state index is 6.10. The van der Waals surface area contributed by atoms with Gasteiger partial charge >= 0.3 is 0 Å². The summed E-state index contributed by atoms with van der Waals surface area (Å²) < 4.78 is 7.25. The van der Waals surface area contributed by atoms with Crippen molar-refractivity contribution in [1.29, 1.82) is 0 Å². The van der Waals surface area contributed by atoms with Crippen molar-refractivity contribution in [2.24, 2.45) is 0 Å². The van der Waals surface area contributed by atoms with Gasteiger partial charge in [0, 0.05) is 18.2 Å². The Morgan fingerprint density at radius 1 is 1.05 bits per heavy atom. The molecule has 0 atom stereocenters. The maximum Gasteiger partial charge on any atom is 0.137 e. The zero-order valence-corrected chi connectivity index (χ0v) is 14.6. The van der Waals surface area contributed by atoms with E-state index in [-0.39, 0.29) is 17.0 Å². The van der Waals surface area contributed by atoms with Gasteiger partial charge in [0.25, 0.3) is 0 Å². The number of hydrogen-bond acceptors (Lipinski definition) is 1. The normalized spacial score (nSPS) is 16.2. The summed E-state index contributed by atoms with van der Waals surface area (Å²) in [6.07, 6.45) is 4.73. The fraction of sp³-hybridized carbons (Fsp3) is 0.368. The van der Waals surface area contributed by atoms with Gasteiger partial charge < -0.3 is 26.2 Å². The summed E-state index contributed by atoms with van der Waals surface area (Å²) in [5.41, 5.74) is 0. The van der Waals surface area contributed by atoms with Crippen LogP contribution in [-0.4, -0.2) is 37.3 Å². The van der Waals surface area contributed by atoms with E-state index in [4.69, 9.17) is 4.74 Å². The number of rotatable bonds is 6. The van der Waals surface area contributed by atoms with Crippen molar-refractivity contribution in [3.63, 3.8) is 0 Å². The number of quaternary nitrogens is 1. The highest BCUT2D eigenvalue weighted by Crippen LogP contribution is 2.26. The molecule has 0 saturated carbocycles. The first-order chi connectivity index (χ1) is 10.3. The summed E-state index contributed by atoms with van der Waals surface area (Å²) in [6.45, 7) is 9.38. The zero-order valence-electron chi connectivity index (χ0n) is 13.0. The van der Waals surface area contributed by atoms with E-state index >= 15 is 0 Å². The Kier molecular flexibility index (Phi) is 6.04. The summed E-state index contributed by atoms with van der Waals surface area (Å²) in [5.74, 6) is 1.00. The van der Waals surface area contributed by atoms with Gasteiger partial charge in [-0.15, -0.1) is 0 Å². The van der Waals surface area contributed by atoms with E-state index in [0.29, 0.717) is 0 Å². The molecule has 3 heteroatoms. The lowest BCUT2D eigenvalue weighted by molar-refractivity contribution is -0.911. The maximum atomic E-state index is 6.10. The molecule has 1 aliphatic heterocycles. The van der Waals surface area contributed by atoms with Crippen LogP contribution in [0.3, 0.4) is 0 Å². The van der Waals surface area contributed by atoms with E-state index in [9.17, 15) is 0 Å². The first kappa shape index (κ1) is 17.0. The molecule has 0 radical (unpaired) electrons. The summed E-state index contributed by atoms with van der Waals surface area (Å²) in [4.78, 5) is 0. The topological polar surface area (TPSA) is 9.23 Å². The smallest absolute Gasteiger partial charge is 0.137 e. The van der Waals surface area contributed by atoms with Crippen LogP contribution in [0.5, 0.6) is 5.75 Å². The van der Waals surface area contributed by atoms with Gasteiger partial charge in [-0.05, 0) is 17.5 Å². The Bertz CT molecular complexity index is 614. The highest BCUT2D eigenvalue weighted by molar-refractivity contribution is 5.88. The minimum absolute atomic E-state index is 0. The minimum Gasteiger partial charge on any atom is -1.00 e. The Hall–Kier alpha value is -1.32. The van der Waals surface area contributed by atoms with Gasteiger partial charge in [0.05, 0.1) is 19.6 Å². The number of benzene rings is 2. The molecule has 0 spiro atoms.